The normalized spacial score (nSPS) is 12.5. The van der Waals surface area contributed by atoms with Gasteiger partial charge in [-0.1, -0.05) is 6.92 Å². The molecule has 0 fully saturated rings. The van der Waals surface area contributed by atoms with Gasteiger partial charge in [0, 0.05) is 17.6 Å². The molecule has 15 heavy (non-hydrogen) atoms. The van der Waals surface area contributed by atoms with Crippen molar-refractivity contribution in [2.45, 2.75) is 32.7 Å². The molecule has 1 amide bonds. The minimum absolute atomic E-state index is 0.0850. The van der Waals surface area contributed by atoms with Crippen LogP contribution in [0.2, 0.25) is 0 Å². The lowest BCUT2D eigenvalue weighted by Gasteiger charge is -2.14. The Bertz CT molecular complexity index is 324. The van der Waals surface area contributed by atoms with Crippen LogP contribution in [-0.2, 0) is 0 Å². The quantitative estimate of drug-likeness (QED) is 0.758. The Balaban J connectivity index is 2.58. The van der Waals surface area contributed by atoms with Gasteiger partial charge >= 0.3 is 0 Å². The number of carbonyl (C=O) groups excluding carboxylic acids is 1. The van der Waals surface area contributed by atoms with Gasteiger partial charge in [-0.05, 0) is 19.8 Å². The minimum atomic E-state index is -0.0850. The fraction of sp³-hybridized carbons (Fsp3) is 0.600. The number of nitrogens with zero attached hydrogens (tertiary/aromatic N) is 1. The Hall–Kier alpha value is -1.03. The standard InChI is InChI=1S/C10H16ClN3O/c1-3-8(4-5-11)13-10(15)9-6-12-14-7(9)2/h6,8H,3-5H2,1-2H3,(H,12,14)(H,13,15). The number of halogens is 1. The SMILES string of the molecule is CCC(CCCl)NC(=O)c1cn[nH]c1C. The zero-order valence-corrected chi connectivity index (χ0v) is 9.77. The van der Waals surface area contributed by atoms with Gasteiger partial charge in [0.15, 0.2) is 0 Å². The number of alkyl halides is 1. The summed E-state index contributed by atoms with van der Waals surface area (Å²) in [5, 5.41) is 9.47. The van der Waals surface area contributed by atoms with Gasteiger partial charge in [-0.3, -0.25) is 9.89 Å². The summed E-state index contributed by atoms with van der Waals surface area (Å²) >= 11 is 5.64. The molecule has 0 aliphatic heterocycles. The molecule has 0 saturated carbocycles. The van der Waals surface area contributed by atoms with E-state index in [2.05, 4.69) is 15.5 Å². The van der Waals surface area contributed by atoms with Crippen molar-refractivity contribution >= 4 is 17.5 Å². The Labute approximate surface area is 94.4 Å². The molecule has 1 heterocycles. The van der Waals surface area contributed by atoms with Crippen LogP contribution in [0.4, 0.5) is 0 Å². The smallest absolute Gasteiger partial charge is 0.254 e. The Morgan fingerprint density at radius 1 is 1.73 bits per heavy atom. The van der Waals surface area contributed by atoms with Gasteiger partial charge < -0.3 is 5.32 Å². The molecule has 2 N–H and O–H groups in total. The van der Waals surface area contributed by atoms with Crippen molar-refractivity contribution in [1.82, 2.24) is 15.5 Å². The van der Waals surface area contributed by atoms with Crippen molar-refractivity contribution in [2.75, 3.05) is 5.88 Å². The first-order valence-electron chi connectivity index (χ1n) is 5.05. The van der Waals surface area contributed by atoms with E-state index >= 15 is 0 Å². The molecule has 0 aromatic carbocycles. The molecule has 1 unspecified atom stereocenters. The van der Waals surface area contributed by atoms with Gasteiger partial charge in [-0.25, -0.2) is 0 Å². The lowest BCUT2D eigenvalue weighted by Crippen LogP contribution is -2.34. The van der Waals surface area contributed by atoms with Crippen molar-refractivity contribution in [1.29, 1.82) is 0 Å². The number of nitrogens with one attached hydrogen (secondary N) is 2. The summed E-state index contributed by atoms with van der Waals surface area (Å²) < 4.78 is 0. The van der Waals surface area contributed by atoms with E-state index in [1.165, 1.54) is 6.20 Å². The van der Waals surface area contributed by atoms with Crippen LogP contribution in [-0.4, -0.2) is 28.0 Å². The second kappa shape index (κ2) is 5.75. The van der Waals surface area contributed by atoms with Gasteiger partial charge in [0.2, 0.25) is 0 Å². The molecule has 0 bridgehead atoms. The predicted octanol–water partition coefficient (Wildman–Crippen LogP) is 1.86. The molecule has 1 aromatic heterocycles. The molecule has 1 aromatic rings. The third-order valence-electron chi connectivity index (χ3n) is 2.36. The maximum absolute atomic E-state index is 11.8. The topological polar surface area (TPSA) is 57.8 Å². The number of hydrogen-bond donors (Lipinski definition) is 2. The number of aryl methyl sites for hydroxylation is 1. The van der Waals surface area contributed by atoms with E-state index in [9.17, 15) is 4.79 Å². The van der Waals surface area contributed by atoms with E-state index in [0.29, 0.717) is 11.4 Å². The molecule has 5 heteroatoms. The molecule has 0 spiro atoms. The fourth-order valence-electron chi connectivity index (χ4n) is 1.35. The molecule has 0 aliphatic rings. The lowest BCUT2D eigenvalue weighted by molar-refractivity contribution is 0.0934. The number of aromatic amines is 1. The van der Waals surface area contributed by atoms with E-state index in [4.69, 9.17) is 11.6 Å². The first-order chi connectivity index (χ1) is 7.19. The highest BCUT2D eigenvalue weighted by Gasteiger charge is 2.14. The van der Waals surface area contributed by atoms with Crippen LogP contribution in [0.5, 0.6) is 0 Å². The number of aromatic nitrogens is 2. The van der Waals surface area contributed by atoms with Crippen LogP contribution < -0.4 is 5.32 Å². The van der Waals surface area contributed by atoms with Crippen LogP contribution in [0.1, 0.15) is 35.8 Å². The van der Waals surface area contributed by atoms with Crippen molar-refractivity contribution in [3.8, 4) is 0 Å². The molecule has 0 aliphatic carbocycles. The van der Waals surface area contributed by atoms with Gasteiger partial charge in [0.25, 0.3) is 5.91 Å². The predicted molar refractivity (Wildman–Crippen MR) is 60.2 cm³/mol. The van der Waals surface area contributed by atoms with Crippen LogP contribution in [0.25, 0.3) is 0 Å². The summed E-state index contributed by atoms with van der Waals surface area (Å²) in [6.07, 6.45) is 3.22. The van der Waals surface area contributed by atoms with Gasteiger partial charge in [-0.15, -0.1) is 11.6 Å². The highest BCUT2D eigenvalue weighted by molar-refractivity contribution is 6.17. The first kappa shape index (κ1) is 12.0. The van der Waals surface area contributed by atoms with Crippen LogP contribution >= 0.6 is 11.6 Å². The van der Waals surface area contributed by atoms with Crippen LogP contribution in [0.15, 0.2) is 6.20 Å². The second-order valence-corrected chi connectivity index (χ2v) is 3.84. The van der Waals surface area contributed by atoms with Crippen LogP contribution in [0.3, 0.4) is 0 Å². The zero-order valence-electron chi connectivity index (χ0n) is 9.01. The summed E-state index contributed by atoms with van der Waals surface area (Å²) in [6, 6.07) is 0.143. The summed E-state index contributed by atoms with van der Waals surface area (Å²) in [7, 11) is 0. The monoisotopic (exact) mass is 229 g/mol. The molecule has 0 saturated heterocycles. The average Bonchev–Trinajstić information content (AvgIpc) is 2.63. The summed E-state index contributed by atoms with van der Waals surface area (Å²) in [5.74, 6) is 0.474. The van der Waals surface area contributed by atoms with E-state index in [0.717, 1.165) is 18.5 Å². The highest BCUT2D eigenvalue weighted by Crippen LogP contribution is 2.05. The number of carbonyl (C=O) groups is 1. The fourth-order valence-corrected chi connectivity index (χ4v) is 1.62. The first-order valence-corrected chi connectivity index (χ1v) is 5.59. The second-order valence-electron chi connectivity index (χ2n) is 3.46. The van der Waals surface area contributed by atoms with E-state index in [1.54, 1.807) is 0 Å². The molecule has 1 atom stereocenters. The molecule has 4 nitrogen and oxygen atoms in total. The Morgan fingerprint density at radius 3 is 2.93 bits per heavy atom. The molecular formula is C10H16ClN3O. The van der Waals surface area contributed by atoms with Gasteiger partial charge in [0.1, 0.15) is 0 Å². The van der Waals surface area contributed by atoms with E-state index in [1.807, 2.05) is 13.8 Å². The van der Waals surface area contributed by atoms with Gasteiger partial charge in [-0.2, -0.15) is 5.10 Å². The summed E-state index contributed by atoms with van der Waals surface area (Å²) in [5.41, 5.74) is 1.39. The van der Waals surface area contributed by atoms with E-state index < -0.39 is 0 Å². The number of rotatable bonds is 5. The third kappa shape index (κ3) is 3.23. The summed E-state index contributed by atoms with van der Waals surface area (Å²) in [6.45, 7) is 3.85. The average molecular weight is 230 g/mol. The van der Waals surface area contributed by atoms with Gasteiger partial charge in [0.05, 0.1) is 11.8 Å². The maximum atomic E-state index is 11.8. The number of amides is 1. The molecule has 1 rings (SSSR count). The molecule has 0 radical (unpaired) electrons. The molecular weight excluding hydrogens is 214 g/mol. The molecule has 84 valence electrons. The Morgan fingerprint density at radius 2 is 2.47 bits per heavy atom. The van der Waals surface area contributed by atoms with E-state index in [-0.39, 0.29) is 11.9 Å². The summed E-state index contributed by atoms with van der Waals surface area (Å²) in [4.78, 5) is 11.8. The van der Waals surface area contributed by atoms with Crippen molar-refractivity contribution in [3.63, 3.8) is 0 Å². The van der Waals surface area contributed by atoms with Crippen molar-refractivity contribution in [2.24, 2.45) is 0 Å². The highest BCUT2D eigenvalue weighted by atomic mass is 35.5. The van der Waals surface area contributed by atoms with Crippen LogP contribution in [0, 0.1) is 6.92 Å². The minimum Gasteiger partial charge on any atom is -0.349 e. The Kier molecular flexibility index (Phi) is 4.62. The number of hydrogen-bond acceptors (Lipinski definition) is 2. The largest absolute Gasteiger partial charge is 0.349 e. The number of H-pyrrole nitrogens is 1. The lowest BCUT2D eigenvalue weighted by atomic mass is 10.1. The van der Waals surface area contributed by atoms with Crippen molar-refractivity contribution < 1.29 is 4.79 Å². The van der Waals surface area contributed by atoms with Crippen molar-refractivity contribution in [3.05, 3.63) is 17.5 Å². The maximum Gasteiger partial charge on any atom is 0.254 e. The third-order valence-corrected chi connectivity index (χ3v) is 2.58. The zero-order chi connectivity index (χ0) is 11.3.